The summed E-state index contributed by atoms with van der Waals surface area (Å²) in [6.07, 6.45) is 0.00736. The van der Waals surface area contributed by atoms with E-state index in [4.69, 9.17) is 0 Å². The van der Waals surface area contributed by atoms with Crippen molar-refractivity contribution in [3.63, 3.8) is 0 Å². The van der Waals surface area contributed by atoms with Gasteiger partial charge in [-0.05, 0) is 38.0 Å². The van der Waals surface area contributed by atoms with Crippen LogP contribution in [0, 0.1) is 20.8 Å². The summed E-state index contributed by atoms with van der Waals surface area (Å²) < 4.78 is 0. The molecule has 0 saturated heterocycles. The van der Waals surface area contributed by atoms with Crippen LogP contribution in [0.15, 0.2) is 42.5 Å². The van der Waals surface area contributed by atoms with E-state index in [-0.39, 0.29) is 24.8 Å². The third-order valence-corrected chi connectivity index (χ3v) is 4.41. The van der Waals surface area contributed by atoms with Gasteiger partial charge in [0.1, 0.15) is 0 Å². The fraction of sp³-hybridized carbons (Fsp3) is 0.318. The number of rotatable bonds is 7. The van der Waals surface area contributed by atoms with E-state index in [9.17, 15) is 14.4 Å². The number of hydrogen-bond donors (Lipinski definition) is 4. The minimum atomic E-state index is -0.474. The molecule has 2 rings (SSSR count). The lowest BCUT2D eigenvalue weighted by molar-refractivity contribution is -0.128. The van der Waals surface area contributed by atoms with Gasteiger partial charge in [0.05, 0.1) is 19.0 Å². The third-order valence-electron chi connectivity index (χ3n) is 4.41. The van der Waals surface area contributed by atoms with E-state index in [1.54, 1.807) is 0 Å². The van der Waals surface area contributed by atoms with Gasteiger partial charge in [-0.2, -0.15) is 0 Å². The minimum Gasteiger partial charge on any atom is -0.376 e. The SMILES string of the molecule is CC(=O)NC(CC(=O)NNC(=O)CNc1ccc(C)cc1C)c1ccc(C)cc1. The van der Waals surface area contributed by atoms with Crippen molar-refractivity contribution >= 4 is 23.4 Å². The van der Waals surface area contributed by atoms with Crippen molar-refractivity contribution in [3.8, 4) is 0 Å². The van der Waals surface area contributed by atoms with Crippen LogP contribution in [0.2, 0.25) is 0 Å². The summed E-state index contributed by atoms with van der Waals surface area (Å²) in [6.45, 7) is 7.36. The minimum absolute atomic E-state index is 0.00736. The Morgan fingerprint density at radius 3 is 2.10 bits per heavy atom. The molecule has 0 aliphatic carbocycles. The van der Waals surface area contributed by atoms with Crippen LogP contribution in [0.1, 0.15) is 41.6 Å². The predicted molar refractivity (Wildman–Crippen MR) is 113 cm³/mol. The van der Waals surface area contributed by atoms with Crippen LogP contribution in [0.5, 0.6) is 0 Å². The standard InChI is InChI=1S/C22H28N4O3/c1-14-5-8-18(9-6-14)20(24-17(4)27)12-21(28)25-26-22(29)13-23-19-10-7-15(2)11-16(19)3/h5-11,20,23H,12-13H2,1-4H3,(H,24,27)(H,25,28)(H,26,29). The van der Waals surface area contributed by atoms with Crippen LogP contribution in [0.3, 0.4) is 0 Å². The molecule has 0 bridgehead atoms. The molecule has 0 fully saturated rings. The lowest BCUT2D eigenvalue weighted by Gasteiger charge is -2.18. The molecule has 2 aromatic rings. The van der Waals surface area contributed by atoms with E-state index in [0.29, 0.717) is 0 Å². The number of aryl methyl sites for hydroxylation is 3. The second-order valence-corrected chi connectivity index (χ2v) is 7.14. The summed E-state index contributed by atoms with van der Waals surface area (Å²) in [7, 11) is 0. The van der Waals surface area contributed by atoms with Crippen molar-refractivity contribution in [3.05, 3.63) is 64.7 Å². The molecule has 0 spiro atoms. The van der Waals surface area contributed by atoms with Crippen LogP contribution in [-0.4, -0.2) is 24.3 Å². The lowest BCUT2D eigenvalue weighted by Crippen LogP contribution is -2.45. The first kappa shape index (κ1) is 21.9. The zero-order valence-corrected chi connectivity index (χ0v) is 17.3. The van der Waals surface area contributed by atoms with Crippen molar-refractivity contribution in [2.75, 3.05) is 11.9 Å². The topological polar surface area (TPSA) is 99.3 Å². The number of anilines is 1. The maximum atomic E-state index is 12.2. The third kappa shape index (κ3) is 7.29. The molecule has 29 heavy (non-hydrogen) atoms. The Balaban J connectivity index is 1.85. The highest BCUT2D eigenvalue weighted by Gasteiger charge is 2.17. The van der Waals surface area contributed by atoms with Crippen molar-refractivity contribution in [2.24, 2.45) is 0 Å². The van der Waals surface area contributed by atoms with Gasteiger partial charge in [-0.25, -0.2) is 0 Å². The predicted octanol–water partition coefficient (Wildman–Crippen LogP) is 2.44. The maximum absolute atomic E-state index is 12.2. The fourth-order valence-electron chi connectivity index (χ4n) is 2.90. The van der Waals surface area contributed by atoms with E-state index in [0.717, 1.165) is 27.9 Å². The zero-order valence-electron chi connectivity index (χ0n) is 17.3. The summed E-state index contributed by atoms with van der Waals surface area (Å²) in [5, 5.41) is 5.81. The molecular formula is C22H28N4O3. The molecule has 154 valence electrons. The Morgan fingerprint density at radius 1 is 0.862 bits per heavy atom. The molecule has 0 heterocycles. The van der Waals surface area contributed by atoms with Gasteiger partial charge in [-0.15, -0.1) is 0 Å². The molecule has 0 aliphatic heterocycles. The average Bonchev–Trinajstić information content (AvgIpc) is 2.65. The van der Waals surface area contributed by atoms with Gasteiger partial charge in [0.2, 0.25) is 11.8 Å². The molecule has 4 N–H and O–H groups in total. The largest absolute Gasteiger partial charge is 0.376 e. The van der Waals surface area contributed by atoms with Gasteiger partial charge < -0.3 is 10.6 Å². The smallest absolute Gasteiger partial charge is 0.257 e. The van der Waals surface area contributed by atoms with E-state index in [1.165, 1.54) is 6.92 Å². The summed E-state index contributed by atoms with van der Waals surface area (Å²) in [6, 6.07) is 13.0. The van der Waals surface area contributed by atoms with Crippen molar-refractivity contribution in [1.82, 2.24) is 16.2 Å². The molecule has 0 radical (unpaired) electrons. The van der Waals surface area contributed by atoms with Crippen LogP contribution >= 0.6 is 0 Å². The average molecular weight is 396 g/mol. The Bertz CT molecular complexity index is 878. The molecule has 1 unspecified atom stereocenters. The van der Waals surface area contributed by atoms with Gasteiger partial charge in [0.15, 0.2) is 0 Å². The second-order valence-electron chi connectivity index (χ2n) is 7.14. The highest BCUT2D eigenvalue weighted by atomic mass is 16.2. The number of carbonyl (C=O) groups excluding carboxylic acids is 3. The molecule has 3 amide bonds. The van der Waals surface area contributed by atoms with Gasteiger partial charge in [-0.3, -0.25) is 25.2 Å². The first-order chi connectivity index (χ1) is 13.7. The molecular weight excluding hydrogens is 368 g/mol. The van der Waals surface area contributed by atoms with Gasteiger partial charge in [0.25, 0.3) is 5.91 Å². The number of nitrogens with one attached hydrogen (secondary N) is 4. The van der Waals surface area contributed by atoms with E-state index >= 15 is 0 Å². The van der Waals surface area contributed by atoms with E-state index in [1.807, 2.05) is 63.2 Å². The molecule has 0 aliphatic rings. The number of hydrazine groups is 1. The summed E-state index contributed by atoms with van der Waals surface area (Å²) in [5.74, 6) is -1.00. The number of benzene rings is 2. The Labute approximate surface area is 171 Å². The fourth-order valence-corrected chi connectivity index (χ4v) is 2.90. The quantitative estimate of drug-likeness (QED) is 0.540. The summed E-state index contributed by atoms with van der Waals surface area (Å²) >= 11 is 0. The Kier molecular flexibility index (Phi) is 7.77. The molecule has 0 saturated carbocycles. The number of hydrogen-bond acceptors (Lipinski definition) is 4. The second kappa shape index (κ2) is 10.3. The molecule has 7 nitrogen and oxygen atoms in total. The van der Waals surface area contributed by atoms with Crippen molar-refractivity contribution < 1.29 is 14.4 Å². The van der Waals surface area contributed by atoms with Gasteiger partial charge in [-0.1, -0.05) is 47.5 Å². The van der Waals surface area contributed by atoms with Crippen LogP contribution in [0.25, 0.3) is 0 Å². The van der Waals surface area contributed by atoms with Crippen LogP contribution < -0.4 is 21.5 Å². The van der Waals surface area contributed by atoms with Gasteiger partial charge >= 0.3 is 0 Å². The monoisotopic (exact) mass is 396 g/mol. The highest BCUT2D eigenvalue weighted by molar-refractivity contribution is 5.85. The molecule has 1 atom stereocenters. The lowest BCUT2D eigenvalue weighted by atomic mass is 10.0. The molecule has 0 aromatic heterocycles. The van der Waals surface area contributed by atoms with E-state index < -0.39 is 11.9 Å². The zero-order chi connectivity index (χ0) is 21.4. The first-order valence-corrected chi connectivity index (χ1v) is 9.47. The Morgan fingerprint density at radius 2 is 1.48 bits per heavy atom. The van der Waals surface area contributed by atoms with Crippen LogP contribution in [0.4, 0.5) is 5.69 Å². The highest BCUT2D eigenvalue weighted by Crippen LogP contribution is 2.17. The van der Waals surface area contributed by atoms with Gasteiger partial charge in [0, 0.05) is 12.6 Å². The maximum Gasteiger partial charge on any atom is 0.257 e. The molecule has 7 heteroatoms. The first-order valence-electron chi connectivity index (χ1n) is 9.47. The van der Waals surface area contributed by atoms with Crippen LogP contribution in [-0.2, 0) is 14.4 Å². The van der Waals surface area contributed by atoms with E-state index in [2.05, 4.69) is 21.5 Å². The van der Waals surface area contributed by atoms with Crippen molar-refractivity contribution in [2.45, 2.75) is 40.2 Å². The van der Waals surface area contributed by atoms with Crippen molar-refractivity contribution in [1.29, 1.82) is 0 Å². The summed E-state index contributed by atoms with van der Waals surface area (Å²) in [4.78, 5) is 35.7. The summed E-state index contributed by atoms with van der Waals surface area (Å²) in [5.41, 5.74) is 9.74. The normalized spacial score (nSPS) is 11.3. The number of amides is 3. The molecule has 2 aromatic carbocycles. The number of carbonyl (C=O) groups is 3. The Hall–Kier alpha value is -3.35.